The lowest BCUT2D eigenvalue weighted by Crippen LogP contribution is -2.41. The molecule has 0 bridgehead atoms. The van der Waals surface area contributed by atoms with Crippen LogP contribution in [0.5, 0.6) is 0 Å². The van der Waals surface area contributed by atoms with E-state index in [1.807, 2.05) is 0 Å². The quantitative estimate of drug-likeness (QED) is 0.133. The molecule has 15 heteroatoms. The van der Waals surface area contributed by atoms with Gasteiger partial charge in [-0.3, -0.25) is 14.2 Å². The van der Waals surface area contributed by atoms with Crippen molar-refractivity contribution in [2.45, 2.75) is 51.2 Å². The Morgan fingerprint density at radius 2 is 1.91 bits per heavy atom. The van der Waals surface area contributed by atoms with Crippen LogP contribution in [-0.4, -0.2) is 49.8 Å². The molecule has 1 aromatic heterocycles. The summed E-state index contributed by atoms with van der Waals surface area (Å²) in [5.74, 6) is -5.52. The summed E-state index contributed by atoms with van der Waals surface area (Å²) in [4.78, 5) is 37.7. The monoisotopic (exact) mass is 629 g/mol. The number of hydrogen-bond acceptors (Lipinski definition) is 5. The van der Waals surface area contributed by atoms with E-state index in [1.54, 1.807) is 6.92 Å². The summed E-state index contributed by atoms with van der Waals surface area (Å²) >= 11 is 5.97. The molecular formula is C28H29ClF5N5O4. The lowest BCUT2D eigenvalue weighted by Gasteiger charge is -2.20. The fraction of sp³-hybridized carbons (Fsp3) is 0.321. The van der Waals surface area contributed by atoms with Gasteiger partial charge in [0.1, 0.15) is 12.6 Å². The zero-order chi connectivity index (χ0) is 32.5. The summed E-state index contributed by atoms with van der Waals surface area (Å²) in [6.45, 7) is 7.20. The van der Waals surface area contributed by atoms with Crippen molar-refractivity contribution >= 4 is 29.0 Å². The summed E-state index contributed by atoms with van der Waals surface area (Å²) in [5, 5.41) is 19.3. The van der Waals surface area contributed by atoms with Gasteiger partial charge in [-0.05, 0) is 42.8 Å². The highest BCUT2D eigenvalue weighted by Crippen LogP contribution is 2.31. The number of aromatic nitrogens is 3. The van der Waals surface area contributed by atoms with Gasteiger partial charge in [-0.2, -0.15) is 22.0 Å². The fourth-order valence-electron chi connectivity index (χ4n) is 3.62. The van der Waals surface area contributed by atoms with Gasteiger partial charge in [0, 0.05) is 18.5 Å². The van der Waals surface area contributed by atoms with Crippen molar-refractivity contribution in [2.24, 2.45) is 0 Å². The van der Waals surface area contributed by atoms with E-state index < -0.39 is 60.4 Å². The fourth-order valence-corrected chi connectivity index (χ4v) is 3.68. The van der Waals surface area contributed by atoms with E-state index in [9.17, 15) is 41.4 Å². The predicted octanol–water partition coefficient (Wildman–Crippen LogP) is 4.11. The van der Waals surface area contributed by atoms with Gasteiger partial charge in [0.2, 0.25) is 11.8 Å². The molecule has 2 aromatic rings. The molecule has 0 saturated carbocycles. The van der Waals surface area contributed by atoms with E-state index >= 15 is 0 Å². The van der Waals surface area contributed by atoms with Crippen LogP contribution in [0.2, 0.25) is 0 Å². The first-order valence-electron chi connectivity index (χ1n) is 12.5. The number of halogens is 6. The van der Waals surface area contributed by atoms with E-state index in [4.69, 9.17) is 11.6 Å². The molecule has 0 aliphatic rings. The molecule has 43 heavy (non-hydrogen) atoms. The number of benzene rings is 1. The summed E-state index contributed by atoms with van der Waals surface area (Å²) in [5.41, 5.74) is 0.426. The van der Waals surface area contributed by atoms with Crippen LogP contribution in [0.15, 0.2) is 77.3 Å². The van der Waals surface area contributed by atoms with Crippen LogP contribution in [0.1, 0.15) is 36.8 Å². The molecule has 2 amide bonds. The number of rotatable bonds is 13. The van der Waals surface area contributed by atoms with Crippen molar-refractivity contribution in [1.29, 1.82) is 0 Å². The molecule has 232 valence electrons. The Morgan fingerprint density at radius 3 is 2.47 bits per heavy atom. The highest BCUT2D eigenvalue weighted by molar-refractivity contribution is 6.31. The average Bonchev–Trinajstić information content (AvgIpc) is 3.24. The van der Waals surface area contributed by atoms with E-state index in [1.165, 1.54) is 31.2 Å². The van der Waals surface area contributed by atoms with Crippen LogP contribution in [0.25, 0.3) is 5.57 Å². The molecule has 0 aliphatic carbocycles. The van der Waals surface area contributed by atoms with Crippen molar-refractivity contribution in [3.63, 3.8) is 0 Å². The van der Waals surface area contributed by atoms with Crippen molar-refractivity contribution in [3.05, 3.63) is 99.9 Å². The molecule has 9 nitrogen and oxygen atoms in total. The topological polar surface area (TPSA) is 118 Å². The predicted molar refractivity (Wildman–Crippen MR) is 150 cm³/mol. The molecule has 3 N–H and O–H groups in total. The third kappa shape index (κ3) is 9.63. The smallest absolute Gasteiger partial charge is 0.385 e. The second-order valence-electron chi connectivity index (χ2n) is 9.05. The van der Waals surface area contributed by atoms with Gasteiger partial charge < -0.3 is 15.7 Å². The Kier molecular flexibility index (Phi) is 12.0. The van der Waals surface area contributed by atoms with Gasteiger partial charge in [0.05, 0.1) is 23.7 Å². The zero-order valence-electron chi connectivity index (χ0n) is 23.1. The van der Waals surface area contributed by atoms with Gasteiger partial charge >= 0.3 is 11.9 Å². The summed E-state index contributed by atoms with van der Waals surface area (Å²) in [7, 11) is 0. The van der Waals surface area contributed by atoms with Gasteiger partial charge in [-0.15, -0.1) is 10.8 Å². The summed E-state index contributed by atoms with van der Waals surface area (Å²) < 4.78 is 69.3. The lowest BCUT2D eigenvalue weighted by atomic mass is 10.0. The second kappa shape index (κ2) is 14.8. The Bertz CT molecular complexity index is 1520. The van der Waals surface area contributed by atoms with E-state index in [-0.39, 0.29) is 34.6 Å². The third-order valence-corrected chi connectivity index (χ3v) is 6.26. The molecule has 0 spiro atoms. The minimum absolute atomic E-state index is 0.00196. The van der Waals surface area contributed by atoms with Crippen molar-refractivity contribution in [3.8, 4) is 0 Å². The number of nitrogens with zero attached hydrogens (tertiary/aromatic N) is 3. The highest BCUT2D eigenvalue weighted by atomic mass is 35.5. The molecule has 2 rings (SSSR count). The molecule has 0 fully saturated rings. The number of allylic oxidation sites excluding steroid dienone is 5. The minimum atomic E-state index is -4.68. The maximum atomic E-state index is 14.1. The molecule has 1 heterocycles. The number of aliphatic hydroxyl groups is 1. The van der Waals surface area contributed by atoms with Gasteiger partial charge in [0.25, 0.3) is 5.92 Å². The Hall–Kier alpha value is -4.26. The maximum Gasteiger partial charge on any atom is 0.416 e. The first kappa shape index (κ1) is 34.9. The van der Waals surface area contributed by atoms with Gasteiger partial charge in [0.15, 0.2) is 5.82 Å². The maximum absolute atomic E-state index is 14.1. The first-order valence-corrected chi connectivity index (χ1v) is 12.9. The first-order chi connectivity index (χ1) is 20.0. The molecule has 0 radical (unpaired) electrons. The van der Waals surface area contributed by atoms with Crippen LogP contribution < -0.4 is 16.3 Å². The summed E-state index contributed by atoms with van der Waals surface area (Å²) in [6, 6.07) is 2.92. The number of nitrogens with one attached hydrogen (secondary N) is 2. The van der Waals surface area contributed by atoms with Crippen molar-refractivity contribution < 1.29 is 36.6 Å². The molecule has 0 aliphatic heterocycles. The van der Waals surface area contributed by atoms with Crippen molar-refractivity contribution in [2.75, 3.05) is 6.54 Å². The van der Waals surface area contributed by atoms with E-state index in [0.717, 1.165) is 18.2 Å². The number of aliphatic hydroxyl groups excluding tert-OH is 1. The number of hydrogen-bond donors (Lipinski definition) is 3. The largest absolute Gasteiger partial charge is 0.416 e. The molecule has 1 aromatic carbocycles. The Labute approximate surface area is 248 Å². The van der Waals surface area contributed by atoms with Gasteiger partial charge in [-0.25, -0.2) is 9.48 Å². The number of amides is 2. The Morgan fingerprint density at radius 1 is 1.23 bits per heavy atom. The lowest BCUT2D eigenvalue weighted by molar-refractivity contribution is -0.137. The van der Waals surface area contributed by atoms with E-state index in [2.05, 4.69) is 34.6 Å². The number of carbonyl (C=O) groups is 2. The molecular weight excluding hydrogens is 601 g/mol. The second-order valence-corrected chi connectivity index (χ2v) is 9.48. The van der Waals surface area contributed by atoms with Crippen LogP contribution in [0.3, 0.4) is 0 Å². The SMILES string of the molecule is C=C=C(C=CC(Cl)=CC)c1nn(CC(=O)NC(CNC(C)=O)c2cccc(C(F)(F)F)c2)c(=O)n1CC(O)C(F)(F)C=C. The minimum Gasteiger partial charge on any atom is -0.385 e. The zero-order valence-corrected chi connectivity index (χ0v) is 23.8. The van der Waals surface area contributed by atoms with Crippen LogP contribution in [0.4, 0.5) is 22.0 Å². The molecule has 0 saturated heterocycles. The van der Waals surface area contributed by atoms with Gasteiger partial charge in [-0.1, -0.05) is 43.0 Å². The average molecular weight is 630 g/mol. The normalized spacial score (nSPS) is 13.7. The van der Waals surface area contributed by atoms with Crippen LogP contribution >= 0.6 is 11.6 Å². The van der Waals surface area contributed by atoms with Crippen molar-refractivity contribution in [1.82, 2.24) is 25.0 Å². The molecule has 2 unspecified atom stereocenters. The van der Waals surface area contributed by atoms with E-state index in [0.29, 0.717) is 9.25 Å². The van der Waals surface area contributed by atoms with Crippen LogP contribution in [-0.2, 0) is 28.9 Å². The summed E-state index contributed by atoms with van der Waals surface area (Å²) in [6.07, 6.45) is -2.64. The van der Waals surface area contributed by atoms with Crippen LogP contribution in [0, 0.1) is 0 Å². The number of alkyl halides is 5. The Balaban J connectivity index is 2.50. The standard InChI is InChI=1S/C28H29ClF5N5O4/c1-5-18(11-12-21(29)6-2)25-37-39(26(43)38(25)15-23(41)27(30,31)7-3)16-24(42)36-22(14-35-17(4)40)19-9-8-10-20(13-19)28(32,33)34/h6-13,22-23,41H,1,3,14-16H2,2,4H3,(H,35,40)(H,36,42). The third-order valence-electron chi connectivity index (χ3n) is 5.91. The number of carbonyl (C=O) groups excluding carboxylic acids is 2. The molecule has 2 atom stereocenters. The highest BCUT2D eigenvalue weighted by Gasteiger charge is 2.36.